The van der Waals surface area contributed by atoms with E-state index in [0.717, 1.165) is 19.4 Å². The average Bonchev–Trinajstić information content (AvgIpc) is 2.55. The summed E-state index contributed by atoms with van der Waals surface area (Å²) < 4.78 is 52.3. The molecule has 1 fully saturated rings. The molecule has 0 spiro atoms. The van der Waals surface area contributed by atoms with Crippen molar-refractivity contribution in [2.75, 3.05) is 26.2 Å². The van der Waals surface area contributed by atoms with Gasteiger partial charge in [-0.15, -0.1) is 13.2 Å². The lowest BCUT2D eigenvalue weighted by molar-refractivity contribution is -0.274. The first-order valence-corrected chi connectivity index (χ1v) is 10.1. The molecule has 1 unspecified atom stereocenters. The predicted octanol–water partition coefficient (Wildman–Crippen LogP) is 4.72. The Kier molecular flexibility index (Phi) is 8.04. The Labute approximate surface area is 176 Å². The maximum Gasteiger partial charge on any atom is 0.573 e. The number of nitrogens with zero attached hydrogens (tertiary/aromatic N) is 1. The SMILES string of the molecule is CC(C)(C)OC(=O)NC1CCCN(CCOc2ccc(Br)c(OC(F)(F)F)c2)C1. The van der Waals surface area contributed by atoms with E-state index in [1.165, 1.54) is 12.1 Å². The van der Waals surface area contributed by atoms with Gasteiger partial charge in [-0.1, -0.05) is 0 Å². The minimum absolute atomic E-state index is 0.0157. The lowest BCUT2D eigenvalue weighted by Gasteiger charge is -2.33. The number of rotatable bonds is 6. The molecule has 1 heterocycles. The molecule has 0 aromatic heterocycles. The number of piperidine rings is 1. The van der Waals surface area contributed by atoms with Crippen LogP contribution in [0.1, 0.15) is 33.6 Å². The molecule has 29 heavy (non-hydrogen) atoms. The van der Waals surface area contributed by atoms with Crippen LogP contribution in [-0.4, -0.2) is 55.2 Å². The Morgan fingerprint density at radius 3 is 2.69 bits per heavy atom. The van der Waals surface area contributed by atoms with Crippen molar-refractivity contribution < 1.29 is 32.2 Å². The van der Waals surface area contributed by atoms with Crippen molar-refractivity contribution in [3.05, 3.63) is 22.7 Å². The molecule has 10 heteroatoms. The number of carbonyl (C=O) groups is 1. The third-order valence-corrected chi connectivity index (χ3v) is 4.69. The molecule has 6 nitrogen and oxygen atoms in total. The highest BCUT2D eigenvalue weighted by Crippen LogP contribution is 2.33. The van der Waals surface area contributed by atoms with Gasteiger partial charge in [-0.25, -0.2) is 4.79 Å². The van der Waals surface area contributed by atoms with Crippen LogP contribution in [0.15, 0.2) is 22.7 Å². The summed E-state index contributed by atoms with van der Waals surface area (Å²) in [6.07, 6.45) is -3.43. The molecular weight excluding hydrogens is 457 g/mol. The Bertz CT molecular complexity index is 695. The summed E-state index contributed by atoms with van der Waals surface area (Å²) in [6.45, 7) is 7.83. The molecule has 0 bridgehead atoms. The summed E-state index contributed by atoms with van der Waals surface area (Å²) in [5.41, 5.74) is -0.550. The van der Waals surface area contributed by atoms with Gasteiger partial charge in [-0.2, -0.15) is 0 Å². The molecule has 0 saturated carbocycles. The van der Waals surface area contributed by atoms with E-state index < -0.39 is 18.1 Å². The van der Waals surface area contributed by atoms with Gasteiger partial charge >= 0.3 is 12.5 Å². The molecule has 2 rings (SSSR count). The smallest absolute Gasteiger partial charge is 0.492 e. The first kappa shape index (κ1) is 23.6. The van der Waals surface area contributed by atoms with Gasteiger partial charge in [0.05, 0.1) is 4.47 Å². The van der Waals surface area contributed by atoms with Crippen molar-refractivity contribution in [1.82, 2.24) is 10.2 Å². The number of amides is 1. The van der Waals surface area contributed by atoms with E-state index in [4.69, 9.17) is 9.47 Å². The molecule has 1 saturated heterocycles. The minimum atomic E-state index is -4.77. The molecule has 1 atom stereocenters. The molecule has 1 aliphatic heterocycles. The maximum absolute atomic E-state index is 12.4. The number of benzene rings is 1. The van der Waals surface area contributed by atoms with E-state index in [-0.39, 0.29) is 22.0 Å². The molecule has 1 aromatic carbocycles. The zero-order valence-electron chi connectivity index (χ0n) is 16.6. The molecule has 0 aliphatic carbocycles. The topological polar surface area (TPSA) is 60.0 Å². The number of likely N-dealkylation sites (tertiary alicyclic amines) is 1. The normalized spacial score (nSPS) is 18.2. The van der Waals surface area contributed by atoms with E-state index in [1.807, 2.05) is 20.8 Å². The minimum Gasteiger partial charge on any atom is -0.492 e. The summed E-state index contributed by atoms with van der Waals surface area (Å²) >= 11 is 3.02. The van der Waals surface area contributed by atoms with E-state index in [1.54, 1.807) is 6.07 Å². The zero-order chi connectivity index (χ0) is 21.7. The summed E-state index contributed by atoms with van der Waals surface area (Å²) in [7, 11) is 0. The van der Waals surface area contributed by atoms with Gasteiger partial charge in [0, 0.05) is 25.2 Å². The van der Waals surface area contributed by atoms with Crippen molar-refractivity contribution in [1.29, 1.82) is 0 Å². The molecule has 164 valence electrons. The Hall–Kier alpha value is -1.68. The number of hydrogen-bond donors (Lipinski definition) is 1. The van der Waals surface area contributed by atoms with Gasteiger partial charge in [0.2, 0.25) is 0 Å². The molecule has 1 aromatic rings. The number of carbonyl (C=O) groups excluding carboxylic acids is 1. The average molecular weight is 483 g/mol. The van der Waals surface area contributed by atoms with Crippen LogP contribution >= 0.6 is 15.9 Å². The van der Waals surface area contributed by atoms with Gasteiger partial charge < -0.3 is 19.5 Å². The van der Waals surface area contributed by atoms with Crippen LogP contribution in [0.4, 0.5) is 18.0 Å². The van der Waals surface area contributed by atoms with Crippen molar-refractivity contribution in [3.63, 3.8) is 0 Å². The maximum atomic E-state index is 12.4. The molecule has 0 radical (unpaired) electrons. The monoisotopic (exact) mass is 482 g/mol. The lowest BCUT2D eigenvalue weighted by atomic mass is 10.1. The van der Waals surface area contributed by atoms with E-state index in [9.17, 15) is 18.0 Å². The Morgan fingerprint density at radius 1 is 1.31 bits per heavy atom. The largest absolute Gasteiger partial charge is 0.573 e. The standard InChI is InChI=1S/C19H26BrF3N2O4/c1-18(2,3)29-17(26)24-13-5-4-8-25(12-13)9-10-27-14-6-7-15(20)16(11-14)28-19(21,22)23/h6-7,11,13H,4-5,8-10,12H2,1-3H3,(H,24,26). The van der Waals surface area contributed by atoms with Crippen LogP contribution in [0.3, 0.4) is 0 Å². The summed E-state index contributed by atoms with van der Waals surface area (Å²) in [4.78, 5) is 14.1. The Balaban J connectivity index is 1.80. The van der Waals surface area contributed by atoms with Crippen molar-refractivity contribution >= 4 is 22.0 Å². The second-order valence-electron chi connectivity index (χ2n) is 7.77. The second-order valence-corrected chi connectivity index (χ2v) is 8.63. The molecule has 1 amide bonds. The first-order valence-electron chi connectivity index (χ1n) is 9.31. The molecule has 1 aliphatic rings. The third-order valence-electron chi connectivity index (χ3n) is 4.03. The van der Waals surface area contributed by atoms with Crippen LogP contribution in [0, 0.1) is 0 Å². The fourth-order valence-corrected chi connectivity index (χ4v) is 3.25. The van der Waals surface area contributed by atoms with Crippen LogP contribution in [-0.2, 0) is 4.74 Å². The zero-order valence-corrected chi connectivity index (χ0v) is 18.2. The van der Waals surface area contributed by atoms with E-state index >= 15 is 0 Å². The summed E-state index contributed by atoms with van der Waals surface area (Å²) in [5, 5.41) is 2.88. The van der Waals surface area contributed by atoms with Gasteiger partial charge in [0.1, 0.15) is 23.7 Å². The number of nitrogens with one attached hydrogen (secondary N) is 1. The van der Waals surface area contributed by atoms with Crippen molar-refractivity contribution in [2.45, 2.75) is 51.6 Å². The highest BCUT2D eigenvalue weighted by Gasteiger charge is 2.32. The van der Waals surface area contributed by atoms with Gasteiger partial charge in [0.15, 0.2) is 0 Å². The van der Waals surface area contributed by atoms with Gasteiger partial charge in [-0.05, 0) is 68.2 Å². The molecular formula is C19H26BrF3N2O4. The molecule has 1 N–H and O–H groups in total. The highest BCUT2D eigenvalue weighted by atomic mass is 79.9. The first-order chi connectivity index (χ1) is 13.4. The lowest BCUT2D eigenvalue weighted by Crippen LogP contribution is -2.49. The quantitative estimate of drug-likeness (QED) is 0.635. The van der Waals surface area contributed by atoms with E-state index in [0.29, 0.717) is 19.7 Å². The fraction of sp³-hybridized carbons (Fsp3) is 0.632. The number of ether oxygens (including phenoxy) is 3. The number of hydrogen-bond acceptors (Lipinski definition) is 5. The fourth-order valence-electron chi connectivity index (χ4n) is 2.92. The van der Waals surface area contributed by atoms with Crippen LogP contribution in [0.25, 0.3) is 0 Å². The predicted molar refractivity (Wildman–Crippen MR) is 105 cm³/mol. The number of halogens is 4. The van der Waals surface area contributed by atoms with Gasteiger partial charge in [0.25, 0.3) is 0 Å². The number of alkyl halides is 3. The van der Waals surface area contributed by atoms with Crippen molar-refractivity contribution in [3.8, 4) is 11.5 Å². The Morgan fingerprint density at radius 2 is 2.03 bits per heavy atom. The van der Waals surface area contributed by atoms with Crippen LogP contribution < -0.4 is 14.8 Å². The van der Waals surface area contributed by atoms with Gasteiger partial charge in [-0.3, -0.25) is 4.90 Å². The van der Waals surface area contributed by atoms with E-state index in [2.05, 4.69) is 30.9 Å². The summed E-state index contributed by atoms with van der Waals surface area (Å²) in [6, 6.07) is 4.19. The highest BCUT2D eigenvalue weighted by molar-refractivity contribution is 9.10. The van der Waals surface area contributed by atoms with Crippen LogP contribution in [0.2, 0.25) is 0 Å². The number of alkyl carbamates (subject to hydrolysis) is 1. The van der Waals surface area contributed by atoms with Crippen LogP contribution in [0.5, 0.6) is 11.5 Å². The third kappa shape index (κ3) is 9.12. The van der Waals surface area contributed by atoms with Crippen molar-refractivity contribution in [2.24, 2.45) is 0 Å². The summed E-state index contributed by atoms with van der Waals surface area (Å²) in [5.74, 6) is -0.0671. The second kappa shape index (κ2) is 9.88.